The molecule has 0 spiro atoms. The van der Waals surface area contributed by atoms with Gasteiger partial charge in [0.15, 0.2) is 0 Å². The fourth-order valence-corrected chi connectivity index (χ4v) is 3.05. The molecule has 1 aromatic rings. The first-order chi connectivity index (χ1) is 9.59. The van der Waals surface area contributed by atoms with Gasteiger partial charge in [0.1, 0.15) is 5.69 Å². The number of hydrogen-bond acceptors (Lipinski definition) is 3. The topological polar surface area (TPSA) is 85.1 Å². The van der Waals surface area contributed by atoms with Crippen LogP contribution in [0.1, 0.15) is 42.6 Å². The number of amides is 2. The van der Waals surface area contributed by atoms with E-state index in [-0.39, 0.29) is 23.8 Å². The number of pyridine rings is 1. The molecule has 0 saturated heterocycles. The summed E-state index contributed by atoms with van der Waals surface area (Å²) in [6.07, 6.45) is 6.14. The van der Waals surface area contributed by atoms with E-state index in [1.165, 1.54) is 0 Å². The summed E-state index contributed by atoms with van der Waals surface area (Å²) in [4.78, 5) is 27.9. The van der Waals surface area contributed by atoms with Crippen LogP contribution in [-0.2, 0) is 4.79 Å². The second-order valence-corrected chi connectivity index (χ2v) is 5.91. The molecule has 2 rings (SSSR count). The predicted octanol–water partition coefficient (Wildman–Crippen LogP) is 2.01. The van der Waals surface area contributed by atoms with Crippen molar-refractivity contribution < 1.29 is 9.59 Å². The predicted molar refractivity (Wildman–Crippen MR) is 79.0 cm³/mol. The zero-order valence-electron chi connectivity index (χ0n) is 11.1. The first-order valence-electron chi connectivity index (χ1n) is 6.80. The molecular weight excluding hydrogens is 322 g/mol. The molecule has 1 aliphatic rings. The molecule has 0 radical (unpaired) electrons. The van der Waals surface area contributed by atoms with E-state index in [4.69, 9.17) is 5.73 Å². The molecule has 1 aromatic heterocycles. The average molecular weight is 340 g/mol. The van der Waals surface area contributed by atoms with Gasteiger partial charge < -0.3 is 11.1 Å². The summed E-state index contributed by atoms with van der Waals surface area (Å²) in [5.41, 5.74) is 5.79. The van der Waals surface area contributed by atoms with Crippen LogP contribution in [0.4, 0.5) is 0 Å². The van der Waals surface area contributed by atoms with Gasteiger partial charge in [0.05, 0.1) is 5.92 Å². The van der Waals surface area contributed by atoms with Crippen LogP contribution in [0.15, 0.2) is 22.8 Å². The molecule has 2 atom stereocenters. The second-order valence-electron chi connectivity index (χ2n) is 5.06. The number of primary amides is 1. The van der Waals surface area contributed by atoms with Gasteiger partial charge in [-0.3, -0.25) is 9.59 Å². The molecule has 0 aliphatic heterocycles. The third kappa shape index (κ3) is 3.56. The summed E-state index contributed by atoms with van der Waals surface area (Å²) < 4.78 is 0.641. The fraction of sp³-hybridized carbons (Fsp3) is 0.500. The summed E-state index contributed by atoms with van der Waals surface area (Å²) in [5.74, 6) is -0.892. The summed E-state index contributed by atoms with van der Waals surface area (Å²) in [6, 6.07) is 3.32. The lowest BCUT2D eigenvalue weighted by Gasteiger charge is -2.23. The Balaban J connectivity index is 2.12. The first kappa shape index (κ1) is 15.0. The van der Waals surface area contributed by atoms with Crippen molar-refractivity contribution in [1.82, 2.24) is 10.3 Å². The van der Waals surface area contributed by atoms with Crippen LogP contribution >= 0.6 is 15.9 Å². The largest absolute Gasteiger partial charge is 0.369 e. The van der Waals surface area contributed by atoms with Crippen molar-refractivity contribution in [1.29, 1.82) is 0 Å². The highest BCUT2D eigenvalue weighted by Crippen LogP contribution is 2.24. The lowest BCUT2D eigenvalue weighted by molar-refractivity contribution is -0.122. The third-order valence-corrected chi connectivity index (χ3v) is 4.31. The highest BCUT2D eigenvalue weighted by molar-refractivity contribution is 9.10. The molecule has 2 amide bonds. The molecule has 1 aliphatic carbocycles. The molecule has 0 aromatic carbocycles. The summed E-state index contributed by atoms with van der Waals surface area (Å²) in [6.45, 7) is 0. The van der Waals surface area contributed by atoms with Gasteiger partial charge in [0, 0.05) is 16.7 Å². The number of rotatable bonds is 3. The molecule has 1 heterocycles. The Bertz CT molecular complexity index is 507. The maximum Gasteiger partial charge on any atom is 0.271 e. The molecule has 108 valence electrons. The summed E-state index contributed by atoms with van der Waals surface area (Å²) in [5, 5.41) is 2.92. The van der Waals surface area contributed by atoms with Crippen LogP contribution < -0.4 is 11.1 Å². The van der Waals surface area contributed by atoms with Crippen molar-refractivity contribution in [3.05, 3.63) is 28.5 Å². The number of carbonyl (C=O) groups excluding carboxylic acids is 2. The van der Waals surface area contributed by atoms with Gasteiger partial charge in [-0.1, -0.05) is 19.3 Å². The van der Waals surface area contributed by atoms with Gasteiger partial charge >= 0.3 is 0 Å². The Hall–Kier alpha value is -1.43. The molecule has 1 saturated carbocycles. The van der Waals surface area contributed by atoms with E-state index >= 15 is 0 Å². The molecule has 20 heavy (non-hydrogen) atoms. The van der Waals surface area contributed by atoms with Crippen molar-refractivity contribution >= 4 is 27.7 Å². The number of halogens is 1. The minimum atomic E-state index is -0.336. The van der Waals surface area contributed by atoms with E-state index in [0.29, 0.717) is 10.2 Å². The van der Waals surface area contributed by atoms with Crippen molar-refractivity contribution in [3.8, 4) is 0 Å². The Labute approximate surface area is 126 Å². The van der Waals surface area contributed by atoms with Crippen LogP contribution in [-0.4, -0.2) is 22.8 Å². The smallest absolute Gasteiger partial charge is 0.271 e. The lowest BCUT2D eigenvalue weighted by atomic mass is 9.94. The van der Waals surface area contributed by atoms with E-state index < -0.39 is 0 Å². The van der Waals surface area contributed by atoms with E-state index in [1.807, 2.05) is 0 Å². The monoisotopic (exact) mass is 339 g/mol. The molecular formula is C14H18BrN3O2. The van der Waals surface area contributed by atoms with Crippen molar-refractivity contribution in [2.45, 2.75) is 38.1 Å². The molecule has 0 bridgehead atoms. The number of nitrogens with two attached hydrogens (primary N) is 1. The number of nitrogens with zero attached hydrogens (tertiary/aromatic N) is 1. The zero-order chi connectivity index (χ0) is 14.5. The standard InChI is InChI=1S/C14H18BrN3O2/c15-10-6-4-8-17-12(10)14(20)18-11-7-3-1-2-5-9(11)13(16)19/h4,6,8-9,11H,1-3,5,7H2,(H2,16,19)(H,18,20)/t9-,11-/m0/s1. The fourth-order valence-electron chi connectivity index (χ4n) is 2.61. The van der Waals surface area contributed by atoms with Gasteiger partial charge in [-0.25, -0.2) is 4.98 Å². The van der Waals surface area contributed by atoms with Crippen LogP contribution in [0.5, 0.6) is 0 Å². The first-order valence-corrected chi connectivity index (χ1v) is 7.59. The number of aromatic nitrogens is 1. The molecule has 1 fully saturated rings. The van der Waals surface area contributed by atoms with Gasteiger partial charge in [0.2, 0.25) is 5.91 Å². The van der Waals surface area contributed by atoms with Crippen molar-refractivity contribution in [2.75, 3.05) is 0 Å². The SMILES string of the molecule is NC(=O)[C@H]1CCCCC[C@@H]1NC(=O)c1ncccc1Br. The quantitative estimate of drug-likeness (QED) is 0.826. The van der Waals surface area contributed by atoms with Gasteiger partial charge in [-0.15, -0.1) is 0 Å². The van der Waals surface area contributed by atoms with E-state index in [0.717, 1.165) is 32.1 Å². The third-order valence-electron chi connectivity index (χ3n) is 3.67. The van der Waals surface area contributed by atoms with Gasteiger partial charge in [0.25, 0.3) is 5.91 Å². The van der Waals surface area contributed by atoms with E-state index in [9.17, 15) is 9.59 Å². The highest BCUT2D eigenvalue weighted by atomic mass is 79.9. The molecule has 5 nitrogen and oxygen atoms in total. The van der Waals surface area contributed by atoms with Gasteiger partial charge in [-0.2, -0.15) is 0 Å². The number of carbonyl (C=O) groups is 2. The van der Waals surface area contributed by atoms with Crippen LogP contribution in [0.25, 0.3) is 0 Å². The highest BCUT2D eigenvalue weighted by Gasteiger charge is 2.30. The molecule has 3 N–H and O–H groups in total. The maximum atomic E-state index is 12.3. The van der Waals surface area contributed by atoms with E-state index in [1.54, 1.807) is 18.3 Å². The Morgan fingerprint density at radius 3 is 2.75 bits per heavy atom. The van der Waals surface area contributed by atoms with E-state index in [2.05, 4.69) is 26.2 Å². The normalized spacial score (nSPS) is 22.9. The van der Waals surface area contributed by atoms with Crippen LogP contribution in [0.3, 0.4) is 0 Å². The lowest BCUT2D eigenvalue weighted by Crippen LogP contribution is -2.45. The average Bonchev–Trinajstić information content (AvgIpc) is 2.64. The molecule has 6 heteroatoms. The zero-order valence-corrected chi connectivity index (χ0v) is 12.7. The maximum absolute atomic E-state index is 12.3. The Morgan fingerprint density at radius 1 is 1.30 bits per heavy atom. The summed E-state index contributed by atoms with van der Waals surface area (Å²) in [7, 11) is 0. The molecule has 0 unspecified atom stereocenters. The number of hydrogen-bond donors (Lipinski definition) is 2. The second kappa shape index (κ2) is 6.83. The minimum absolute atomic E-state index is 0.198. The van der Waals surface area contributed by atoms with Crippen LogP contribution in [0.2, 0.25) is 0 Å². The summed E-state index contributed by atoms with van der Waals surface area (Å²) >= 11 is 3.31. The Morgan fingerprint density at radius 2 is 2.05 bits per heavy atom. The van der Waals surface area contributed by atoms with Gasteiger partial charge in [-0.05, 0) is 40.9 Å². The van der Waals surface area contributed by atoms with Crippen molar-refractivity contribution in [3.63, 3.8) is 0 Å². The number of nitrogens with one attached hydrogen (secondary N) is 1. The minimum Gasteiger partial charge on any atom is -0.369 e. The van der Waals surface area contributed by atoms with Crippen molar-refractivity contribution in [2.24, 2.45) is 11.7 Å². The van der Waals surface area contributed by atoms with Crippen LogP contribution in [0, 0.1) is 5.92 Å². The Kier molecular flexibility index (Phi) is 5.11.